The summed E-state index contributed by atoms with van der Waals surface area (Å²) in [4.78, 5) is 2.03. The Labute approximate surface area is 112 Å². The van der Waals surface area contributed by atoms with Crippen LogP contribution in [0.2, 0.25) is 0 Å². The number of hydrogen-bond acceptors (Lipinski definition) is 2. The van der Waals surface area contributed by atoms with Crippen molar-refractivity contribution >= 4 is 11.4 Å². The Morgan fingerprint density at radius 1 is 1.05 bits per heavy atom. The normalized spacial score (nSPS) is 27.2. The molecule has 4 heteroatoms. The van der Waals surface area contributed by atoms with E-state index in [1.165, 1.54) is 31.7 Å². The standard InChI is InChI=1S/C15H20F2N2/c16-11-7-8-12(18)15(14(11)17)19-9-3-5-10-4-1-2-6-13(10)19/h7-8,10,13H,1-6,9,18H2. The maximum Gasteiger partial charge on any atom is 0.184 e. The van der Waals surface area contributed by atoms with E-state index in [0.29, 0.717) is 17.6 Å². The van der Waals surface area contributed by atoms with Gasteiger partial charge < -0.3 is 10.6 Å². The van der Waals surface area contributed by atoms with Crippen molar-refractivity contribution in [2.75, 3.05) is 17.2 Å². The van der Waals surface area contributed by atoms with Gasteiger partial charge in [0.05, 0.1) is 11.4 Å². The number of piperidine rings is 1. The molecule has 2 atom stereocenters. The highest BCUT2D eigenvalue weighted by molar-refractivity contribution is 5.69. The van der Waals surface area contributed by atoms with Gasteiger partial charge in [0, 0.05) is 12.6 Å². The fraction of sp³-hybridized carbons (Fsp3) is 0.600. The third-order valence-electron chi connectivity index (χ3n) is 4.63. The van der Waals surface area contributed by atoms with E-state index in [1.807, 2.05) is 4.90 Å². The number of fused-ring (bicyclic) bond motifs is 1. The van der Waals surface area contributed by atoms with Gasteiger partial charge in [-0.2, -0.15) is 0 Å². The molecule has 1 saturated heterocycles. The predicted octanol–water partition coefficient (Wildman–Crippen LogP) is 3.71. The van der Waals surface area contributed by atoms with E-state index in [0.717, 1.165) is 25.5 Å². The second-order valence-corrected chi connectivity index (χ2v) is 5.75. The molecule has 1 aromatic carbocycles. The highest BCUT2D eigenvalue weighted by Crippen LogP contribution is 2.40. The molecule has 1 aliphatic heterocycles. The number of hydrogen-bond donors (Lipinski definition) is 1. The van der Waals surface area contributed by atoms with Crippen LogP contribution in [0.1, 0.15) is 38.5 Å². The van der Waals surface area contributed by atoms with Crippen molar-refractivity contribution in [3.05, 3.63) is 23.8 Å². The number of rotatable bonds is 1. The van der Waals surface area contributed by atoms with Crippen LogP contribution in [0, 0.1) is 17.6 Å². The van der Waals surface area contributed by atoms with Gasteiger partial charge in [0.25, 0.3) is 0 Å². The van der Waals surface area contributed by atoms with E-state index in [4.69, 9.17) is 5.73 Å². The van der Waals surface area contributed by atoms with Gasteiger partial charge in [-0.05, 0) is 43.7 Å². The van der Waals surface area contributed by atoms with Gasteiger partial charge in [-0.15, -0.1) is 0 Å². The lowest BCUT2D eigenvalue weighted by Crippen LogP contribution is -2.47. The van der Waals surface area contributed by atoms with Gasteiger partial charge in [0.2, 0.25) is 0 Å². The first-order valence-corrected chi connectivity index (χ1v) is 7.18. The molecule has 1 aromatic rings. The fourth-order valence-corrected chi connectivity index (χ4v) is 3.75. The minimum absolute atomic E-state index is 0.289. The summed E-state index contributed by atoms with van der Waals surface area (Å²) in [7, 11) is 0. The van der Waals surface area contributed by atoms with Gasteiger partial charge in [-0.1, -0.05) is 12.8 Å². The van der Waals surface area contributed by atoms with Crippen LogP contribution in [0.15, 0.2) is 12.1 Å². The number of nitrogens with zero attached hydrogens (tertiary/aromatic N) is 1. The first-order valence-electron chi connectivity index (χ1n) is 7.18. The van der Waals surface area contributed by atoms with Crippen LogP contribution in [0.5, 0.6) is 0 Å². The van der Waals surface area contributed by atoms with E-state index in [1.54, 1.807) is 0 Å². The average molecular weight is 266 g/mol. The summed E-state index contributed by atoms with van der Waals surface area (Å²) in [5.74, 6) is -0.974. The molecule has 0 bridgehead atoms. The SMILES string of the molecule is Nc1ccc(F)c(F)c1N1CCCC2CCCCC21. The molecular formula is C15H20F2N2. The van der Waals surface area contributed by atoms with Crippen molar-refractivity contribution in [3.63, 3.8) is 0 Å². The lowest BCUT2D eigenvalue weighted by atomic mass is 9.78. The number of anilines is 2. The van der Waals surface area contributed by atoms with Crippen LogP contribution < -0.4 is 10.6 Å². The van der Waals surface area contributed by atoms with Crippen molar-refractivity contribution in [2.24, 2.45) is 5.92 Å². The van der Waals surface area contributed by atoms with E-state index >= 15 is 0 Å². The van der Waals surface area contributed by atoms with Crippen LogP contribution in [0.4, 0.5) is 20.2 Å². The van der Waals surface area contributed by atoms with E-state index in [9.17, 15) is 8.78 Å². The van der Waals surface area contributed by atoms with Crippen molar-refractivity contribution in [3.8, 4) is 0 Å². The largest absolute Gasteiger partial charge is 0.397 e. The molecular weight excluding hydrogens is 246 g/mol. The topological polar surface area (TPSA) is 29.3 Å². The summed E-state index contributed by atoms with van der Waals surface area (Å²) in [6.45, 7) is 0.783. The predicted molar refractivity (Wildman–Crippen MR) is 73.1 cm³/mol. The zero-order valence-corrected chi connectivity index (χ0v) is 11.0. The molecule has 2 aliphatic rings. The molecule has 2 N–H and O–H groups in total. The Morgan fingerprint density at radius 3 is 2.63 bits per heavy atom. The number of nitrogen functional groups attached to an aromatic ring is 1. The smallest absolute Gasteiger partial charge is 0.184 e. The summed E-state index contributed by atoms with van der Waals surface area (Å²) in [5.41, 5.74) is 6.54. The third kappa shape index (κ3) is 2.17. The molecule has 2 fully saturated rings. The van der Waals surface area contributed by atoms with Crippen molar-refractivity contribution in [2.45, 2.75) is 44.6 Å². The van der Waals surface area contributed by atoms with Crippen molar-refractivity contribution in [1.82, 2.24) is 0 Å². The minimum Gasteiger partial charge on any atom is -0.397 e. The van der Waals surface area contributed by atoms with E-state index < -0.39 is 11.6 Å². The van der Waals surface area contributed by atoms with Crippen LogP contribution in [-0.4, -0.2) is 12.6 Å². The maximum absolute atomic E-state index is 14.1. The van der Waals surface area contributed by atoms with E-state index in [-0.39, 0.29) is 5.69 Å². The third-order valence-corrected chi connectivity index (χ3v) is 4.63. The van der Waals surface area contributed by atoms with Gasteiger partial charge in [0.15, 0.2) is 11.6 Å². The lowest BCUT2D eigenvalue weighted by Gasteiger charge is -2.45. The van der Waals surface area contributed by atoms with Crippen LogP contribution in [0.3, 0.4) is 0 Å². The molecule has 1 saturated carbocycles. The molecule has 19 heavy (non-hydrogen) atoms. The summed E-state index contributed by atoms with van der Waals surface area (Å²) >= 11 is 0. The lowest BCUT2D eigenvalue weighted by molar-refractivity contribution is 0.242. The van der Waals surface area contributed by atoms with Crippen LogP contribution in [-0.2, 0) is 0 Å². The molecule has 0 amide bonds. The molecule has 1 heterocycles. The molecule has 0 aromatic heterocycles. The Morgan fingerprint density at radius 2 is 1.79 bits per heavy atom. The molecule has 1 aliphatic carbocycles. The van der Waals surface area contributed by atoms with Crippen LogP contribution >= 0.6 is 0 Å². The zero-order chi connectivity index (χ0) is 13.4. The maximum atomic E-state index is 14.1. The number of benzene rings is 1. The molecule has 0 radical (unpaired) electrons. The molecule has 3 rings (SSSR count). The van der Waals surface area contributed by atoms with Gasteiger partial charge >= 0.3 is 0 Å². The quantitative estimate of drug-likeness (QED) is 0.785. The Bertz CT molecular complexity index is 473. The summed E-state index contributed by atoms with van der Waals surface area (Å²) < 4.78 is 27.6. The Balaban J connectivity index is 1.98. The molecule has 0 spiro atoms. The van der Waals surface area contributed by atoms with Crippen LogP contribution in [0.25, 0.3) is 0 Å². The first kappa shape index (κ1) is 12.7. The van der Waals surface area contributed by atoms with Gasteiger partial charge in [-0.25, -0.2) is 8.78 Å². The minimum atomic E-state index is -0.804. The molecule has 2 unspecified atom stereocenters. The van der Waals surface area contributed by atoms with E-state index in [2.05, 4.69) is 0 Å². The Hall–Kier alpha value is -1.32. The Kier molecular flexibility index (Phi) is 3.33. The zero-order valence-electron chi connectivity index (χ0n) is 11.0. The number of nitrogens with two attached hydrogens (primary N) is 1. The number of halogens is 2. The molecule has 2 nitrogen and oxygen atoms in total. The first-order chi connectivity index (χ1) is 9.18. The summed E-state index contributed by atoms with van der Waals surface area (Å²) in [6.07, 6.45) is 6.96. The van der Waals surface area contributed by atoms with Crippen molar-refractivity contribution < 1.29 is 8.78 Å². The highest BCUT2D eigenvalue weighted by Gasteiger charge is 2.35. The monoisotopic (exact) mass is 266 g/mol. The summed E-state index contributed by atoms with van der Waals surface area (Å²) in [5, 5.41) is 0. The second-order valence-electron chi connectivity index (χ2n) is 5.75. The van der Waals surface area contributed by atoms with Gasteiger partial charge in [-0.3, -0.25) is 0 Å². The average Bonchev–Trinajstić information content (AvgIpc) is 2.44. The van der Waals surface area contributed by atoms with Crippen molar-refractivity contribution in [1.29, 1.82) is 0 Å². The molecule has 104 valence electrons. The van der Waals surface area contributed by atoms with Gasteiger partial charge in [0.1, 0.15) is 0 Å². The highest BCUT2D eigenvalue weighted by atomic mass is 19.2. The fourth-order valence-electron chi connectivity index (χ4n) is 3.75. The summed E-state index contributed by atoms with van der Waals surface area (Å²) in [6, 6.07) is 2.91. The second kappa shape index (κ2) is 4.99.